The van der Waals surface area contributed by atoms with Crippen molar-refractivity contribution in [2.45, 2.75) is 32.6 Å². The molecule has 0 spiro atoms. The van der Waals surface area contributed by atoms with Crippen molar-refractivity contribution in [3.8, 4) is 0 Å². The molecule has 2 N–H and O–H groups in total. The van der Waals surface area contributed by atoms with Crippen LogP contribution in [0.2, 0.25) is 0 Å². The Balaban J connectivity index is 1.77. The molecular weight excluding hydrogens is 300 g/mol. The number of hydrogen-bond donors (Lipinski definition) is 2. The first-order valence-corrected chi connectivity index (χ1v) is 8.25. The SMILES string of the molecule is CC(C)c1ccccc1NC(=O)CCNC(=O)Cc1ccccc1. The molecule has 0 aliphatic rings. The van der Waals surface area contributed by atoms with Crippen molar-refractivity contribution in [2.24, 2.45) is 0 Å². The number of hydrogen-bond acceptors (Lipinski definition) is 2. The zero-order valence-corrected chi connectivity index (χ0v) is 14.2. The fourth-order valence-electron chi connectivity index (χ4n) is 2.49. The number of benzene rings is 2. The van der Waals surface area contributed by atoms with Gasteiger partial charge in [0.05, 0.1) is 6.42 Å². The molecule has 4 heteroatoms. The predicted octanol–water partition coefficient (Wildman–Crippen LogP) is 3.50. The Kier molecular flexibility index (Phi) is 6.55. The van der Waals surface area contributed by atoms with Crippen LogP contribution in [0.3, 0.4) is 0 Å². The van der Waals surface area contributed by atoms with E-state index < -0.39 is 0 Å². The Morgan fingerprint density at radius 1 is 0.917 bits per heavy atom. The Morgan fingerprint density at radius 2 is 1.58 bits per heavy atom. The number of carbonyl (C=O) groups excluding carboxylic acids is 2. The summed E-state index contributed by atoms with van der Waals surface area (Å²) in [5, 5.41) is 5.71. The maximum Gasteiger partial charge on any atom is 0.226 e. The highest BCUT2D eigenvalue weighted by molar-refractivity contribution is 5.92. The van der Waals surface area contributed by atoms with Crippen molar-refractivity contribution in [2.75, 3.05) is 11.9 Å². The minimum Gasteiger partial charge on any atom is -0.355 e. The van der Waals surface area contributed by atoms with E-state index in [1.54, 1.807) is 0 Å². The molecule has 0 heterocycles. The number of carbonyl (C=O) groups is 2. The summed E-state index contributed by atoms with van der Waals surface area (Å²) in [6, 6.07) is 17.3. The number of para-hydroxylation sites is 1. The molecule has 0 fully saturated rings. The van der Waals surface area contributed by atoms with Gasteiger partial charge in [-0.15, -0.1) is 0 Å². The van der Waals surface area contributed by atoms with E-state index in [-0.39, 0.29) is 18.2 Å². The minimum absolute atomic E-state index is 0.0726. The van der Waals surface area contributed by atoms with E-state index in [1.165, 1.54) is 0 Å². The second-order valence-electron chi connectivity index (χ2n) is 6.05. The zero-order valence-electron chi connectivity index (χ0n) is 14.2. The molecule has 0 aliphatic heterocycles. The molecule has 0 aromatic heterocycles. The van der Waals surface area contributed by atoms with Crippen LogP contribution in [-0.2, 0) is 16.0 Å². The van der Waals surface area contributed by atoms with Crippen molar-refractivity contribution < 1.29 is 9.59 Å². The van der Waals surface area contributed by atoms with E-state index >= 15 is 0 Å². The molecule has 2 aromatic rings. The van der Waals surface area contributed by atoms with Crippen molar-refractivity contribution in [1.82, 2.24) is 5.32 Å². The van der Waals surface area contributed by atoms with Crippen molar-refractivity contribution in [3.63, 3.8) is 0 Å². The number of anilines is 1. The summed E-state index contributed by atoms with van der Waals surface area (Å²) >= 11 is 0. The largest absolute Gasteiger partial charge is 0.355 e. The lowest BCUT2D eigenvalue weighted by atomic mass is 10.0. The smallest absolute Gasteiger partial charge is 0.226 e. The molecular formula is C20H24N2O2. The normalized spacial score (nSPS) is 10.5. The maximum absolute atomic E-state index is 12.1. The third-order valence-electron chi connectivity index (χ3n) is 3.74. The lowest BCUT2D eigenvalue weighted by Crippen LogP contribution is -2.29. The fourth-order valence-corrected chi connectivity index (χ4v) is 2.49. The molecule has 0 atom stereocenters. The number of rotatable bonds is 7. The second kappa shape index (κ2) is 8.87. The lowest BCUT2D eigenvalue weighted by molar-refractivity contribution is -0.120. The van der Waals surface area contributed by atoms with Gasteiger partial charge in [-0.3, -0.25) is 9.59 Å². The van der Waals surface area contributed by atoms with E-state index in [9.17, 15) is 9.59 Å². The van der Waals surface area contributed by atoms with Crippen LogP contribution in [-0.4, -0.2) is 18.4 Å². The average Bonchev–Trinajstić information content (AvgIpc) is 2.56. The summed E-state index contributed by atoms with van der Waals surface area (Å²) in [5.41, 5.74) is 2.91. The molecule has 2 aromatic carbocycles. The van der Waals surface area contributed by atoms with Crippen LogP contribution >= 0.6 is 0 Å². The first-order chi connectivity index (χ1) is 11.6. The van der Waals surface area contributed by atoms with Crippen LogP contribution < -0.4 is 10.6 Å². The summed E-state index contributed by atoms with van der Waals surface area (Å²) in [4.78, 5) is 23.9. The highest BCUT2D eigenvalue weighted by atomic mass is 16.2. The van der Waals surface area contributed by atoms with Crippen molar-refractivity contribution >= 4 is 17.5 Å². The molecule has 4 nitrogen and oxygen atoms in total. The summed E-state index contributed by atoms with van der Waals surface area (Å²) in [7, 11) is 0. The first-order valence-electron chi connectivity index (χ1n) is 8.25. The highest BCUT2D eigenvalue weighted by Gasteiger charge is 2.09. The van der Waals surface area contributed by atoms with Gasteiger partial charge in [0.2, 0.25) is 11.8 Å². The van der Waals surface area contributed by atoms with Gasteiger partial charge in [-0.25, -0.2) is 0 Å². The molecule has 0 unspecified atom stereocenters. The topological polar surface area (TPSA) is 58.2 Å². The maximum atomic E-state index is 12.1. The molecule has 0 aliphatic carbocycles. The van der Waals surface area contributed by atoms with Crippen molar-refractivity contribution in [3.05, 3.63) is 65.7 Å². The summed E-state index contributed by atoms with van der Waals surface area (Å²) in [6.07, 6.45) is 0.589. The molecule has 24 heavy (non-hydrogen) atoms. The van der Waals surface area contributed by atoms with E-state index in [1.807, 2.05) is 54.6 Å². The van der Waals surface area contributed by atoms with Crippen LogP contribution in [0.15, 0.2) is 54.6 Å². The van der Waals surface area contributed by atoms with Gasteiger partial charge in [0.1, 0.15) is 0 Å². The standard InChI is InChI=1S/C20H24N2O2/c1-15(2)17-10-6-7-11-18(17)22-19(23)12-13-21-20(24)14-16-8-4-3-5-9-16/h3-11,15H,12-14H2,1-2H3,(H,21,24)(H,22,23). The lowest BCUT2D eigenvalue weighted by Gasteiger charge is -2.13. The van der Waals surface area contributed by atoms with Gasteiger partial charge >= 0.3 is 0 Å². The van der Waals surface area contributed by atoms with Gasteiger partial charge in [-0.05, 0) is 23.1 Å². The Hall–Kier alpha value is -2.62. The van der Waals surface area contributed by atoms with E-state index in [0.29, 0.717) is 18.9 Å². The molecule has 2 amide bonds. The van der Waals surface area contributed by atoms with E-state index in [0.717, 1.165) is 16.8 Å². The monoisotopic (exact) mass is 324 g/mol. The summed E-state index contributed by atoms with van der Waals surface area (Å²) < 4.78 is 0. The minimum atomic E-state index is -0.0943. The van der Waals surface area contributed by atoms with Gasteiger partial charge in [-0.2, -0.15) is 0 Å². The third-order valence-corrected chi connectivity index (χ3v) is 3.74. The first kappa shape index (κ1) is 17.7. The zero-order chi connectivity index (χ0) is 17.4. The van der Waals surface area contributed by atoms with Crippen LogP contribution in [0.1, 0.15) is 37.3 Å². The van der Waals surface area contributed by atoms with Crippen LogP contribution in [0.4, 0.5) is 5.69 Å². The Bertz CT molecular complexity index is 681. The van der Waals surface area contributed by atoms with Gasteiger partial charge in [0, 0.05) is 18.7 Å². The molecule has 0 radical (unpaired) electrons. The molecule has 2 rings (SSSR count). The molecule has 126 valence electrons. The van der Waals surface area contributed by atoms with E-state index in [2.05, 4.69) is 24.5 Å². The summed E-state index contributed by atoms with van der Waals surface area (Å²) in [5.74, 6) is 0.173. The van der Waals surface area contributed by atoms with Gasteiger partial charge in [0.25, 0.3) is 0 Å². The van der Waals surface area contributed by atoms with Crippen LogP contribution in [0.5, 0.6) is 0 Å². The fraction of sp³-hybridized carbons (Fsp3) is 0.300. The second-order valence-corrected chi connectivity index (χ2v) is 6.05. The number of nitrogens with one attached hydrogen (secondary N) is 2. The number of amides is 2. The van der Waals surface area contributed by atoms with Crippen molar-refractivity contribution in [1.29, 1.82) is 0 Å². The highest BCUT2D eigenvalue weighted by Crippen LogP contribution is 2.23. The summed E-state index contributed by atoms with van der Waals surface area (Å²) in [6.45, 7) is 4.52. The van der Waals surface area contributed by atoms with E-state index in [4.69, 9.17) is 0 Å². The van der Waals surface area contributed by atoms with Crippen LogP contribution in [0.25, 0.3) is 0 Å². The van der Waals surface area contributed by atoms with Crippen LogP contribution in [0, 0.1) is 0 Å². The predicted molar refractivity (Wildman–Crippen MR) is 96.9 cm³/mol. The van der Waals surface area contributed by atoms with Gasteiger partial charge in [0.15, 0.2) is 0 Å². The molecule has 0 saturated carbocycles. The molecule has 0 bridgehead atoms. The molecule has 0 saturated heterocycles. The third kappa shape index (κ3) is 5.54. The van der Waals surface area contributed by atoms with Gasteiger partial charge < -0.3 is 10.6 Å². The van der Waals surface area contributed by atoms with Gasteiger partial charge in [-0.1, -0.05) is 62.4 Å². The quantitative estimate of drug-likeness (QED) is 0.819. The Labute approximate surface area is 143 Å². The average molecular weight is 324 g/mol. The Morgan fingerprint density at radius 3 is 2.29 bits per heavy atom.